The van der Waals surface area contributed by atoms with Crippen molar-refractivity contribution in [3.63, 3.8) is 0 Å². The summed E-state index contributed by atoms with van der Waals surface area (Å²) in [5, 5.41) is 6.91. The van der Waals surface area contributed by atoms with Crippen LogP contribution in [-0.2, 0) is 25.4 Å². The Morgan fingerprint density at radius 2 is 1.76 bits per heavy atom. The lowest BCUT2D eigenvalue weighted by Gasteiger charge is -2.11. The normalized spacial score (nSPS) is 13.9. The summed E-state index contributed by atoms with van der Waals surface area (Å²) in [6, 6.07) is 4.48. The highest BCUT2D eigenvalue weighted by molar-refractivity contribution is 5.93. The Labute approximate surface area is 186 Å². The zero-order valence-corrected chi connectivity index (χ0v) is 17.0. The van der Waals surface area contributed by atoms with Crippen LogP contribution < -0.4 is 5.73 Å². The molecule has 0 unspecified atom stereocenters. The molecule has 3 aromatic rings. The highest BCUT2D eigenvalue weighted by Gasteiger charge is 2.35. The van der Waals surface area contributed by atoms with Gasteiger partial charge in [-0.3, -0.25) is 14.5 Å². The number of hydrogen-bond donors (Lipinski definition) is 1. The largest absolute Gasteiger partial charge is 0.504 e. The summed E-state index contributed by atoms with van der Waals surface area (Å²) in [6.07, 6.45) is -8.26. The van der Waals surface area contributed by atoms with Crippen molar-refractivity contribution in [1.29, 1.82) is 0 Å². The van der Waals surface area contributed by atoms with Crippen LogP contribution in [0.4, 0.5) is 35.1 Å². The second-order valence-corrected chi connectivity index (χ2v) is 7.13. The maximum atomic E-state index is 12.6. The Morgan fingerprint density at radius 3 is 2.29 bits per heavy atom. The number of amides is 1. The molecule has 0 radical (unpaired) electrons. The molecule has 0 aliphatic carbocycles. The van der Waals surface area contributed by atoms with Gasteiger partial charge in [0.1, 0.15) is 11.4 Å². The van der Waals surface area contributed by atoms with Gasteiger partial charge in [0.05, 0.1) is 11.3 Å². The number of hydrogen-bond acceptors (Lipinski definition) is 4. The lowest BCUT2D eigenvalue weighted by atomic mass is 10.1. The maximum absolute atomic E-state index is 12.6. The molecule has 7 nitrogen and oxygen atoms in total. The number of pyridine rings is 1. The molecule has 15 heteroatoms. The minimum absolute atomic E-state index is 0.129. The van der Waals surface area contributed by atoms with Crippen molar-refractivity contribution in [3.05, 3.63) is 53.2 Å². The van der Waals surface area contributed by atoms with Crippen LogP contribution in [0.25, 0.3) is 11.3 Å². The van der Waals surface area contributed by atoms with Gasteiger partial charge in [0.15, 0.2) is 0 Å². The van der Waals surface area contributed by atoms with E-state index < -0.39 is 46.4 Å². The molecule has 0 aromatic carbocycles. The van der Waals surface area contributed by atoms with E-state index >= 15 is 0 Å². The zero-order chi connectivity index (χ0) is 25.3. The summed E-state index contributed by atoms with van der Waals surface area (Å²) < 4.78 is 99.4. The highest BCUT2D eigenvalue weighted by atomic mass is 19.4. The van der Waals surface area contributed by atoms with Crippen LogP contribution in [0.3, 0.4) is 0 Å². The molecule has 0 saturated heterocycles. The Hall–Kier alpha value is -3.52. The number of aromatic nitrogens is 5. The third kappa shape index (κ3) is 5.69. The van der Waals surface area contributed by atoms with Gasteiger partial charge >= 0.3 is 12.5 Å². The van der Waals surface area contributed by atoms with E-state index in [4.69, 9.17) is 0 Å². The van der Waals surface area contributed by atoms with Gasteiger partial charge in [0.25, 0.3) is 12.3 Å². The van der Waals surface area contributed by atoms with Crippen molar-refractivity contribution >= 4 is 5.91 Å². The first-order valence-corrected chi connectivity index (χ1v) is 9.62. The number of nitrogens with zero attached hydrogens (tertiary/aromatic N) is 5. The third-order valence-electron chi connectivity index (χ3n) is 4.74. The lowest BCUT2D eigenvalue weighted by molar-refractivity contribution is -0.212. The van der Waals surface area contributed by atoms with Gasteiger partial charge in [-0.25, -0.2) is 8.78 Å². The number of rotatable bonds is 3. The zero-order valence-electron chi connectivity index (χ0n) is 17.0. The van der Waals surface area contributed by atoms with Gasteiger partial charge in [0.2, 0.25) is 0 Å². The monoisotopic (exact) mass is 496 g/mol. The fourth-order valence-corrected chi connectivity index (χ4v) is 3.17. The van der Waals surface area contributed by atoms with E-state index in [0.29, 0.717) is 11.3 Å². The predicted octanol–water partition coefficient (Wildman–Crippen LogP) is 4.70. The molecular formula is C19H16F8N6O. The van der Waals surface area contributed by atoms with Crippen molar-refractivity contribution < 1.29 is 39.9 Å². The summed E-state index contributed by atoms with van der Waals surface area (Å²) in [5.41, 5.74) is 3.66. The van der Waals surface area contributed by atoms with Crippen LogP contribution in [0.5, 0.6) is 0 Å². The molecule has 1 aliphatic rings. The Balaban J connectivity index is 0.000000197. The molecule has 184 valence electrons. The summed E-state index contributed by atoms with van der Waals surface area (Å²) >= 11 is 0. The Bertz CT molecular complexity index is 1140. The maximum Gasteiger partial charge on any atom is 0.504 e. The van der Waals surface area contributed by atoms with Crippen LogP contribution in [0, 0.1) is 0 Å². The Kier molecular flexibility index (Phi) is 6.93. The summed E-state index contributed by atoms with van der Waals surface area (Å²) in [7, 11) is 0. The number of halogens is 8. The molecule has 2 N–H and O–H groups in total. The minimum Gasteiger partial charge on any atom is -0.365 e. The SMILES string of the molecule is FC(F)(F)c1cc(-c2cc3n(n2)CCCC3)ccn1.NC(=O)c1cn(C(F)(F)F)nc1C(F)F. The number of nitrogens with two attached hydrogens (primary N) is 1. The summed E-state index contributed by atoms with van der Waals surface area (Å²) in [6.45, 7) is 0.840. The lowest BCUT2D eigenvalue weighted by Crippen LogP contribution is -2.17. The van der Waals surface area contributed by atoms with Gasteiger partial charge in [-0.2, -0.15) is 28.1 Å². The number of carbonyl (C=O) groups excluding carboxylic acids is 1. The quantitative estimate of drug-likeness (QED) is 0.533. The van der Waals surface area contributed by atoms with E-state index in [2.05, 4.69) is 20.9 Å². The van der Waals surface area contributed by atoms with Gasteiger partial charge < -0.3 is 5.73 Å². The van der Waals surface area contributed by atoms with Crippen molar-refractivity contribution in [2.45, 2.75) is 44.7 Å². The molecule has 1 aliphatic heterocycles. The van der Waals surface area contributed by atoms with Crippen molar-refractivity contribution in [1.82, 2.24) is 24.5 Å². The molecule has 0 spiro atoms. The smallest absolute Gasteiger partial charge is 0.365 e. The van der Waals surface area contributed by atoms with E-state index in [-0.39, 0.29) is 6.20 Å². The molecule has 0 atom stereocenters. The molecule has 0 fully saturated rings. The van der Waals surface area contributed by atoms with Gasteiger partial charge in [-0.05, 0) is 37.5 Å². The van der Waals surface area contributed by atoms with Crippen LogP contribution >= 0.6 is 0 Å². The molecule has 3 aromatic heterocycles. The molecule has 0 bridgehead atoms. The second kappa shape index (κ2) is 9.38. The van der Waals surface area contributed by atoms with E-state index in [1.807, 2.05) is 10.7 Å². The first kappa shape index (κ1) is 25.1. The van der Waals surface area contributed by atoms with Gasteiger partial charge in [0, 0.05) is 30.2 Å². The number of fused-ring (bicyclic) bond motifs is 1. The summed E-state index contributed by atoms with van der Waals surface area (Å²) in [4.78, 5) is 13.9. The number of primary amides is 1. The van der Waals surface area contributed by atoms with Crippen LogP contribution in [0.1, 0.15) is 46.7 Å². The van der Waals surface area contributed by atoms with Gasteiger partial charge in [-0.1, -0.05) is 0 Å². The van der Waals surface area contributed by atoms with E-state index in [1.165, 1.54) is 6.20 Å². The van der Waals surface area contributed by atoms with Crippen LogP contribution in [-0.4, -0.2) is 30.5 Å². The number of carbonyl (C=O) groups is 1. The second-order valence-electron chi connectivity index (χ2n) is 7.13. The molecule has 4 heterocycles. The molecule has 4 rings (SSSR count). The third-order valence-corrected chi connectivity index (χ3v) is 4.74. The fraction of sp³-hybridized carbons (Fsp3) is 0.368. The first-order valence-electron chi connectivity index (χ1n) is 9.62. The predicted molar refractivity (Wildman–Crippen MR) is 100 cm³/mol. The first-order chi connectivity index (χ1) is 15.8. The molecular weight excluding hydrogens is 480 g/mol. The van der Waals surface area contributed by atoms with Gasteiger partial charge in [-0.15, -0.1) is 13.2 Å². The van der Waals surface area contributed by atoms with E-state index in [0.717, 1.165) is 37.6 Å². The average molecular weight is 496 g/mol. The number of alkyl halides is 8. The fourth-order valence-electron chi connectivity index (χ4n) is 3.17. The Morgan fingerprint density at radius 1 is 1.06 bits per heavy atom. The highest BCUT2D eigenvalue weighted by Crippen LogP contribution is 2.31. The average Bonchev–Trinajstić information content (AvgIpc) is 3.38. The minimum atomic E-state index is -4.96. The van der Waals surface area contributed by atoms with Crippen LogP contribution in [0.2, 0.25) is 0 Å². The molecule has 1 amide bonds. The number of aryl methyl sites for hydroxylation is 2. The molecule has 34 heavy (non-hydrogen) atoms. The topological polar surface area (TPSA) is 91.6 Å². The van der Waals surface area contributed by atoms with Crippen LogP contribution in [0.15, 0.2) is 30.6 Å². The summed E-state index contributed by atoms with van der Waals surface area (Å²) in [5.74, 6) is -1.39. The van der Waals surface area contributed by atoms with E-state index in [1.54, 1.807) is 6.07 Å². The van der Waals surface area contributed by atoms with E-state index in [9.17, 15) is 39.9 Å². The van der Waals surface area contributed by atoms with Crippen molar-refractivity contribution in [2.75, 3.05) is 0 Å². The van der Waals surface area contributed by atoms with Crippen molar-refractivity contribution in [3.8, 4) is 11.3 Å². The standard InChI is InChI=1S/C13H12F3N3.C6H4F5N3O/c14-13(15,16)12-7-9(4-5-17-12)11-8-10-3-1-2-6-19(10)18-11;7-4(8)3-2(5(12)15)1-14(13-3)6(9,10)11/h4-5,7-8H,1-3,6H2;1,4H,(H2,12,15). The molecule has 0 saturated carbocycles. The van der Waals surface area contributed by atoms with Crippen molar-refractivity contribution in [2.24, 2.45) is 5.73 Å².